The fraction of sp³-hybridized carbons (Fsp3) is 0.429. The van der Waals surface area contributed by atoms with Crippen LogP contribution in [0.25, 0.3) is 10.8 Å². The molecule has 3 rings (SSSR count). The second-order valence-electron chi connectivity index (χ2n) is 5.37. The Balaban J connectivity index is 2.14. The molecule has 0 aromatic carbocycles. The van der Waals surface area contributed by atoms with E-state index in [2.05, 4.69) is 63.1 Å². The van der Waals surface area contributed by atoms with Crippen molar-refractivity contribution in [2.75, 3.05) is 0 Å². The Morgan fingerprint density at radius 2 is 2.14 bits per heavy atom. The van der Waals surface area contributed by atoms with Gasteiger partial charge in [-0.1, -0.05) is 13.8 Å². The highest BCUT2D eigenvalue weighted by Gasteiger charge is 2.19. The minimum atomic E-state index is 0.425. The standard InChI is InChI=1S/C14H18BrN5S/c1-8(2)16-7-11-13(17-14-19(11)5-6-21-14)20-10(4)12(15)9(3)18-20/h5-6,8,16H,7H2,1-4H3. The summed E-state index contributed by atoms with van der Waals surface area (Å²) in [5, 5.41) is 10.1. The molecule has 0 amide bonds. The maximum atomic E-state index is 4.76. The Bertz CT molecular complexity index is 783. The smallest absolute Gasteiger partial charge is 0.196 e. The van der Waals surface area contributed by atoms with E-state index in [4.69, 9.17) is 4.98 Å². The van der Waals surface area contributed by atoms with Crippen molar-refractivity contribution in [3.63, 3.8) is 0 Å². The maximum Gasteiger partial charge on any atom is 0.196 e. The van der Waals surface area contributed by atoms with Crippen molar-refractivity contribution in [3.8, 4) is 5.82 Å². The third kappa shape index (κ3) is 2.54. The number of thiazole rings is 1. The van der Waals surface area contributed by atoms with E-state index in [0.717, 1.165) is 38.9 Å². The van der Waals surface area contributed by atoms with E-state index in [9.17, 15) is 0 Å². The molecule has 0 spiro atoms. The predicted molar refractivity (Wildman–Crippen MR) is 89.3 cm³/mol. The minimum Gasteiger partial charge on any atom is -0.309 e. The van der Waals surface area contributed by atoms with Crippen molar-refractivity contribution in [1.82, 2.24) is 24.5 Å². The van der Waals surface area contributed by atoms with Crippen molar-refractivity contribution >= 4 is 32.2 Å². The van der Waals surface area contributed by atoms with Gasteiger partial charge in [-0.2, -0.15) is 10.1 Å². The fourth-order valence-electron chi connectivity index (χ4n) is 2.29. The molecule has 0 aliphatic heterocycles. The zero-order valence-corrected chi connectivity index (χ0v) is 14.9. The van der Waals surface area contributed by atoms with Crippen LogP contribution in [-0.2, 0) is 6.54 Å². The summed E-state index contributed by atoms with van der Waals surface area (Å²) in [5.41, 5.74) is 3.19. The van der Waals surface area contributed by atoms with E-state index >= 15 is 0 Å². The van der Waals surface area contributed by atoms with Crippen LogP contribution in [0.3, 0.4) is 0 Å². The van der Waals surface area contributed by atoms with E-state index < -0.39 is 0 Å². The number of aryl methyl sites for hydroxylation is 1. The van der Waals surface area contributed by atoms with Crippen molar-refractivity contribution in [2.45, 2.75) is 40.3 Å². The summed E-state index contributed by atoms with van der Waals surface area (Å²) in [4.78, 5) is 5.75. The van der Waals surface area contributed by atoms with Crippen LogP contribution in [0.5, 0.6) is 0 Å². The van der Waals surface area contributed by atoms with Crippen LogP contribution >= 0.6 is 27.3 Å². The quantitative estimate of drug-likeness (QED) is 0.767. The zero-order valence-electron chi connectivity index (χ0n) is 12.5. The van der Waals surface area contributed by atoms with Gasteiger partial charge in [0.05, 0.1) is 21.6 Å². The molecule has 0 saturated carbocycles. The van der Waals surface area contributed by atoms with Crippen molar-refractivity contribution in [1.29, 1.82) is 0 Å². The van der Waals surface area contributed by atoms with Gasteiger partial charge in [0.2, 0.25) is 0 Å². The lowest BCUT2D eigenvalue weighted by Crippen LogP contribution is -2.23. The first-order chi connectivity index (χ1) is 9.99. The molecule has 0 atom stereocenters. The summed E-state index contributed by atoms with van der Waals surface area (Å²) in [7, 11) is 0. The summed E-state index contributed by atoms with van der Waals surface area (Å²) in [6.45, 7) is 9.10. The lowest BCUT2D eigenvalue weighted by Gasteiger charge is -2.10. The fourth-order valence-corrected chi connectivity index (χ4v) is 3.26. The molecule has 0 radical (unpaired) electrons. The van der Waals surface area contributed by atoms with Gasteiger partial charge >= 0.3 is 0 Å². The maximum absolute atomic E-state index is 4.76. The van der Waals surface area contributed by atoms with Gasteiger partial charge in [-0.05, 0) is 29.8 Å². The highest BCUT2D eigenvalue weighted by atomic mass is 79.9. The van der Waals surface area contributed by atoms with E-state index in [-0.39, 0.29) is 0 Å². The highest BCUT2D eigenvalue weighted by molar-refractivity contribution is 9.10. The molecule has 21 heavy (non-hydrogen) atoms. The minimum absolute atomic E-state index is 0.425. The molecular weight excluding hydrogens is 350 g/mol. The van der Waals surface area contributed by atoms with Crippen molar-refractivity contribution < 1.29 is 0 Å². The number of nitrogens with one attached hydrogen (secondary N) is 1. The second kappa shape index (κ2) is 5.55. The summed E-state index contributed by atoms with van der Waals surface area (Å²) in [6, 6.07) is 0.425. The Morgan fingerprint density at radius 1 is 1.38 bits per heavy atom. The third-order valence-corrected chi connectivity index (χ3v) is 5.33. The monoisotopic (exact) mass is 367 g/mol. The van der Waals surface area contributed by atoms with Crippen LogP contribution in [0.1, 0.15) is 30.9 Å². The highest BCUT2D eigenvalue weighted by Crippen LogP contribution is 2.26. The van der Waals surface area contributed by atoms with Gasteiger partial charge in [-0.3, -0.25) is 4.40 Å². The molecule has 7 heteroatoms. The number of nitrogens with zero attached hydrogens (tertiary/aromatic N) is 4. The summed E-state index contributed by atoms with van der Waals surface area (Å²) < 4.78 is 5.11. The van der Waals surface area contributed by atoms with Crippen LogP contribution in [0.4, 0.5) is 0 Å². The van der Waals surface area contributed by atoms with Gasteiger partial charge in [-0.15, -0.1) is 11.3 Å². The van der Waals surface area contributed by atoms with Gasteiger partial charge in [0.25, 0.3) is 0 Å². The van der Waals surface area contributed by atoms with Crippen LogP contribution in [0.2, 0.25) is 0 Å². The van der Waals surface area contributed by atoms with Crippen LogP contribution in [-0.4, -0.2) is 25.2 Å². The summed E-state index contributed by atoms with van der Waals surface area (Å²) in [5.74, 6) is 0.904. The molecule has 3 aromatic rings. The van der Waals surface area contributed by atoms with Crippen molar-refractivity contribution in [2.24, 2.45) is 0 Å². The summed E-state index contributed by atoms with van der Waals surface area (Å²) in [6.07, 6.45) is 2.06. The lowest BCUT2D eigenvalue weighted by molar-refractivity contribution is 0.576. The third-order valence-electron chi connectivity index (χ3n) is 3.42. The average molecular weight is 368 g/mol. The van der Waals surface area contributed by atoms with Gasteiger partial charge in [0.1, 0.15) is 0 Å². The number of rotatable bonds is 4. The molecule has 0 bridgehead atoms. The van der Waals surface area contributed by atoms with Gasteiger partial charge in [0, 0.05) is 24.2 Å². The van der Waals surface area contributed by atoms with E-state index in [1.54, 1.807) is 11.3 Å². The molecule has 3 heterocycles. The van der Waals surface area contributed by atoms with Gasteiger partial charge in [-0.25, -0.2) is 4.68 Å². The van der Waals surface area contributed by atoms with Crippen LogP contribution in [0.15, 0.2) is 16.0 Å². The molecule has 0 saturated heterocycles. The molecule has 112 valence electrons. The van der Waals surface area contributed by atoms with E-state index in [1.165, 1.54) is 0 Å². The van der Waals surface area contributed by atoms with Crippen LogP contribution < -0.4 is 5.32 Å². The lowest BCUT2D eigenvalue weighted by atomic mass is 10.3. The first-order valence-corrected chi connectivity index (χ1v) is 8.56. The molecule has 0 unspecified atom stereocenters. The number of halogens is 1. The average Bonchev–Trinajstić information content (AvgIpc) is 3.06. The predicted octanol–water partition coefficient (Wildman–Crippen LogP) is 3.46. The largest absolute Gasteiger partial charge is 0.309 e. The Hall–Kier alpha value is -1.18. The number of fused-ring (bicyclic) bond motifs is 1. The van der Waals surface area contributed by atoms with Crippen LogP contribution in [0, 0.1) is 13.8 Å². The zero-order chi connectivity index (χ0) is 15.1. The SMILES string of the molecule is Cc1nn(-c2nc3sccn3c2CNC(C)C)c(C)c1Br. The normalized spacial score (nSPS) is 11.9. The van der Waals surface area contributed by atoms with Crippen molar-refractivity contribution in [3.05, 3.63) is 33.1 Å². The second-order valence-corrected chi connectivity index (χ2v) is 7.04. The van der Waals surface area contributed by atoms with Gasteiger partial charge < -0.3 is 5.32 Å². The topological polar surface area (TPSA) is 47.2 Å². The molecule has 0 fully saturated rings. The number of imidazole rings is 1. The number of aromatic nitrogens is 4. The number of hydrogen-bond donors (Lipinski definition) is 1. The molecular formula is C14H18BrN5S. The Kier molecular flexibility index (Phi) is 3.90. The first kappa shape index (κ1) is 14.7. The molecule has 0 aliphatic carbocycles. The Labute approximate surface area is 136 Å². The molecule has 1 N–H and O–H groups in total. The number of hydrogen-bond acceptors (Lipinski definition) is 4. The first-order valence-electron chi connectivity index (χ1n) is 6.89. The van der Waals surface area contributed by atoms with Gasteiger partial charge in [0.15, 0.2) is 10.8 Å². The van der Waals surface area contributed by atoms with E-state index in [1.807, 2.05) is 11.6 Å². The molecule has 3 aromatic heterocycles. The Morgan fingerprint density at radius 3 is 2.76 bits per heavy atom. The summed E-state index contributed by atoms with van der Waals surface area (Å²) >= 11 is 5.23. The van der Waals surface area contributed by atoms with E-state index in [0.29, 0.717) is 6.04 Å². The molecule has 0 aliphatic rings. The molecule has 5 nitrogen and oxygen atoms in total.